The molecule has 1 saturated heterocycles. The highest BCUT2D eigenvalue weighted by Crippen LogP contribution is 2.40. The molecule has 1 fully saturated rings. The molecular weight excluding hydrogens is 479 g/mol. The maximum Gasteiger partial charge on any atom is 0.431 e. The molecule has 4 aromatic rings. The second-order valence-electron chi connectivity index (χ2n) is 10.3. The second kappa shape index (κ2) is 8.37. The molecule has 0 aromatic carbocycles. The van der Waals surface area contributed by atoms with Crippen molar-refractivity contribution >= 4 is 33.3 Å². The number of alkyl halides is 3. The van der Waals surface area contributed by atoms with Gasteiger partial charge in [0.05, 0.1) is 17.1 Å². The van der Waals surface area contributed by atoms with Crippen LogP contribution in [0.3, 0.4) is 0 Å². The van der Waals surface area contributed by atoms with Gasteiger partial charge in [0.15, 0.2) is 5.82 Å². The number of hydrogen-bond acceptors (Lipinski definition) is 6. The maximum atomic E-state index is 13.5. The maximum absolute atomic E-state index is 13.5. The van der Waals surface area contributed by atoms with Crippen LogP contribution in [0.15, 0.2) is 49.0 Å². The van der Waals surface area contributed by atoms with Crippen molar-refractivity contribution in [2.24, 2.45) is 5.41 Å². The van der Waals surface area contributed by atoms with Gasteiger partial charge in [-0.2, -0.15) is 13.2 Å². The number of hydrogen-bond donors (Lipinski definition) is 2. The average Bonchev–Trinajstić information content (AvgIpc) is 3.27. The van der Waals surface area contributed by atoms with Crippen molar-refractivity contribution in [1.29, 1.82) is 0 Å². The van der Waals surface area contributed by atoms with E-state index in [1.165, 1.54) is 6.20 Å². The highest BCUT2D eigenvalue weighted by atomic mass is 19.4. The zero-order chi connectivity index (χ0) is 25.9. The Morgan fingerprint density at radius 2 is 1.95 bits per heavy atom. The molecule has 4 aromatic heterocycles. The zero-order valence-corrected chi connectivity index (χ0v) is 20.7. The van der Waals surface area contributed by atoms with Gasteiger partial charge < -0.3 is 15.2 Å². The molecule has 10 heteroatoms. The van der Waals surface area contributed by atoms with Gasteiger partial charge in [-0.1, -0.05) is 32.1 Å². The van der Waals surface area contributed by atoms with Crippen molar-refractivity contribution in [2.75, 3.05) is 25.0 Å². The summed E-state index contributed by atoms with van der Waals surface area (Å²) in [6.07, 6.45) is 7.41. The molecule has 1 aliphatic carbocycles. The Balaban J connectivity index is 1.59. The highest BCUT2D eigenvalue weighted by Gasteiger charge is 2.37. The predicted molar refractivity (Wildman–Crippen MR) is 138 cm³/mol. The third-order valence-electron chi connectivity index (χ3n) is 7.41. The van der Waals surface area contributed by atoms with Gasteiger partial charge in [-0.05, 0) is 36.1 Å². The molecule has 1 unspecified atom stereocenters. The first-order valence-electron chi connectivity index (χ1n) is 12.2. The molecule has 0 amide bonds. The fourth-order valence-electron chi connectivity index (χ4n) is 5.43. The Morgan fingerprint density at radius 1 is 1.14 bits per heavy atom. The van der Waals surface area contributed by atoms with E-state index >= 15 is 0 Å². The van der Waals surface area contributed by atoms with Gasteiger partial charge in [0.25, 0.3) is 0 Å². The molecule has 5 heterocycles. The number of nitrogens with zero attached hydrogens (tertiary/aromatic N) is 5. The molecule has 2 N–H and O–H groups in total. The van der Waals surface area contributed by atoms with E-state index in [0.717, 1.165) is 47.9 Å². The van der Waals surface area contributed by atoms with Crippen LogP contribution in [0.25, 0.3) is 38.9 Å². The number of aromatic nitrogens is 5. The lowest BCUT2D eigenvalue weighted by atomic mass is 9.79. The van der Waals surface area contributed by atoms with Crippen LogP contribution in [0.2, 0.25) is 0 Å². The summed E-state index contributed by atoms with van der Waals surface area (Å²) in [6, 6.07) is 2.92. The standard InChI is InChI=1S/C27H26F3N7/c1-26(2)14-31-9-8-21(26)37(3)25-22-18(15-5-4-6-15)12-32-13-19(22)34-24(36-25)16-7-10-33-23-17(16)11-20(35-23)27(28,29)30/h4-7,10-13,21,31H,8-9,14H2,1-3H3,(H,33,35). The normalized spacial score (nSPS) is 19.2. The van der Waals surface area contributed by atoms with E-state index in [4.69, 9.17) is 9.97 Å². The Morgan fingerprint density at radius 3 is 2.65 bits per heavy atom. The molecule has 190 valence electrons. The fraction of sp³-hybridized carbons (Fsp3) is 0.333. The molecule has 1 atom stereocenters. The second-order valence-corrected chi connectivity index (χ2v) is 10.3. The van der Waals surface area contributed by atoms with Crippen LogP contribution in [0.5, 0.6) is 0 Å². The predicted octanol–water partition coefficient (Wildman–Crippen LogP) is 5.36. The number of fused-ring (bicyclic) bond motifs is 2. The molecule has 2 aliphatic rings. The third-order valence-corrected chi connectivity index (χ3v) is 7.41. The first kappa shape index (κ1) is 23.6. The smallest absolute Gasteiger partial charge is 0.355 e. The van der Waals surface area contributed by atoms with E-state index in [1.807, 2.05) is 31.5 Å². The minimum Gasteiger partial charge on any atom is -0.355 e. The Hall–Kier alpha value is -3.79. The molecule has 0 saturated carbocycles. The lowest BCUT2D eigenvalue weighted by molar-refractivity contribution is -0.140. The molecule has 0 radical (unpaired) electrons. The largest absolute Gasteiger partial charge is 0.431 e. The Labute approximate surface area is 211 Å². The quantitative estimate of drug-likeness (QED) is 0.388. The number of piperidine rings is 1. The first-order chi connectivity index (χ1) is 17.6. The van der Waals surface area contributed by atoms with Crippen LogP contribution >= 0.6 is 0 Å². The highest BCUT2D eigenvalue weighted by molar-refractivity contribution is 6.03. The summed E-state index contributed by atoms with van der Waals surface area (Å²) in [7, 11) is 2.04. The Bertz CT molecular complexity index is 1580. The minimum atomic E-state index is -4.52. The van der Waals surface area contributed by atoms with Crippen LogP contribution < -0.4 is 10.2 Å². The van der Waals surface area contributed by atoms with Gasteiger partial charge >= 0.3 is 6.18 Å². The van der Waals surface area contributed by atoms with Gasteiger partial charge in [-0.15, -0.1) is 0 Å². The summed E-state index contributed by atoms with van der Waals surface area (Å²) in [5.41, 5.74) is 2.34. The number of halogens is 3. The van der Waals surface area contributed by atoms with E-state index in [1.54, 1.807) is 12.3 Å². The summed E-state index contributed by atoms with van der Waals surface area (Å²) in [4.78, 5) is 23.0. The number of allylic oxidation sites excluding steroid dienone is 4. The van der Waals surface area contributed by atoms with Crippen molar-refractivity contribution in [1.82, 2.24) is 30.2 Å². The van der Waals surface area contributed by atoms with Crippen molar-refractivity contribution in [2.45, 2.75) is 32.5 Å². The van der Waals surface area contributed by atoms with Gasteiger partial charge in [-0.25, -0.2) is 15.0 Å². The van der Waals surface area contributed by atoms with Crippen molar-refractivity contribution in [3.05, 3.63) is 60.2 Å². The number of pyridine rings is 2. The summed E-state index contributed by atoms with van der Waals surface area (Å²) in [5.74, 6) is 1.06. The molecule has 6 rings (SSSR count). The van der Waals surface area contributed by atoms with Crippen LogP contribution in [-0.4, -0.2) is 51.1 Å². The van der Waals surface area contributed by atoms with Gasteiger partial charge in [0.2, 0.25) is 0 Å². The molecule has 0 spiro atoms. The van der Waals surface area contributed by atoms with Crippen LogP contribution in [-0.2, 0) is 6.18 Å². The average molecular weight is 506 g/mol. The zero-order valence-electron chi connectivity index (χ0n) is 20.7. The molecular formula is C27H26F3N7. The van der Waals surface area contributed by atoms with E-state index in [0.29, 0.717) is 22.3 Å². The fourth-order valence-corrected chi connectivity index (χ4v) is 5.43. The monoisotopic (exact) mass is 505 g/mol. The lowest BCUT2D eigenvalue weighted by Gasteiger charge is -2.45. The van der Waals surface area contributed by atoms with E-state index in [2.05, 4.69) is 39.0 Å². The van der Waals surface area contributed by atoms with E-state index < -0.39 is 11.9 Å². The van der Waals surface area contributed by atoms with Crippen LogP contribution in [0, 0.1) is 5.41 Å². The Kier molecular flexibility index (Phi) is 5.34. The number of rotatable bonds is 4. The lowest BCUT2D eigenvalue weighted by Crippen LogP contribution is -2.53. The van der Waals surface area contributed by atoms with Gasteiger partial charge in [0.1, 0.15) is 17.2 Å². The van der Waals surface area contributed by atoms with Crippen molar-refractivity contribution in [3.8, 4) is 11.4 Å². The number of nitrogens with one attached hydrogen (secondary N) is 2. The van der Waals surface area contributed by atoms with Crippen molar-refractivity contribution in [3.63, 3.8) is 0 Å². The number of anilines is 1. The van der Waals surface area contributed by atoms with E-state index in [-0.39, 0.29) is 17.1 Å². The van der Waals surface area contributed by atoms with Gasteiger partial charge in [0, 0.05) is 48.5 Å². The minimum absolute atomic E-state index is 0.0283. The van der Waals surface area contributed by atoms with Crippen LogP contribution in [0.4, 0.5) is 19.0 Å². The molecule has 0 bridgehead atoms. The molecule has 7 nitrogen and oxygen atoms in total. The molecule has 37 heavy (non-hydrogen) atoms. The van der Waals surface area contributed by atoms with Crippen molar-refractivity contribution < 1.29 is 13.2 Å². The summed E-state index contributed by atoms with van der Waals surface area (Å²) < 4.78 is 40.4. The summed E-state index contributed by atoms with van der Waals surface area (Å²) in [6.45, 7) is 6.23. The van der Waals surface area contributed by atoms with E-state index in [9.17, 15) is 13.2 Å². The number of H-pyrrole nitrogens is 1. The number of aromatic amines is 1. The first-order valence-corrected chi connectivity index (χ1v) is 12.2. The summed E-state index contributed by atoms with van der Waals surface area (Å²) >= 11 is 0. The SMILES string of the molecule is CN(c1nc(-c2ccnc3[nH]c(C(F)(F)F)cc23)nc2cncc(C3=CC=C3)c12)C1CCNCC1(C)C. The third kappa shape index (κ3) is 3.96. The topological polar surface area (TPSA) is 82.6 Å². The van der Waals surface area contributed by atoms with Crippen LogP contribution in [0.1, 0.15) is 31.5 Å². The van der Waals surface area contributed by atoms with Gasteiger partial charge in [-0.3, -0.25) is 4.98 Å². The summed E-state index contributed by atoms with van der Waals surface area (Å²) in [5, 5.41) is 4.67. The molecule has 1 aliphatic heterocycles.